The molecule has 0 amide bonds. The van der Waals surface area contributed by atoms with Crippen LogP contribution in [0.1, 0.15) is 35.7 Å². The fourth-order valence-electron chi connectivity index (χ4n) is 2.09. The molecule has 0 aliphatic heterocycles. The molecule has 0 fully saturated rings. The average molecular weight is 290 g/mol. The maximum absolute atomic E-state index is 5.53. The number of thiazole rings is 1. The Labute approximate surface area is 125 Å². The lowest BCUT2D eigenvalue weighted by Gasteiger charge is -2.15. The summed E-state index contributed by atoms with van der Waals surface area (Å²) in [5, 5.41) is 6.56. The summed E-state index contributed by atoms with van der Waals surface area (Å²) < 4.78 is 5.53. The summed E-state index contributed by atoms with van der Waals surface area (Å²) in [6, 6.07) is 10.8. The van der Waals surface area contributed by atoms with E-state index in [-0.39, 0.29) is 0 Å². The number of likely N-dealkylation sites (N-methyl/N-ethyl adjacent to an activating group) is 1. The number of hydrogen-bond donors (Lipinski definition) is 1. The number of benzene rings is 1. The molecule has 3 nitrogen and oxygen atoms in total. The molecular formula is C16H22N2OS. The van der Waals surface area contributed by atoms with Gasteiger partial charge in [0.1, 0.15) is 5.01 Å². The van der Waals surface area contributed by atoms with Gasteiger partial charge < -0.3 is 10.1 Å². The SMILES string of the molecule is CCCOCc1nc(CC(NC)c2ccccc2)cs1. The highest BCUT2D eigenvalue weighted by Crippen LogP contribution is 2.20. The molecule has 0 radical (unpaired) electrons. The topological polar surface area (TPSA) is 34.1 Å². The maximum atomic E-state index is 5.53. The van der Waals surface area contributed by atoms with Crippen molar-refractivity contribution in [1.82, 2.24) is 10.3 Å². The van der Waals surface area contributed by atoms with Crippen molar-refractivity contribution in [3.8, 4) is 0 Å². The van der Waals surface area contributed by atoms with Gasteiger partial charge in [-0.05, 0) is 19.0 Å². The van der Waals surface area contributed by atoms with E-state index in [0.717, 1.165) is 30.2 Å². The first kappa shape index (κ1) is 15.2. The highest BCUT2D eigenvalue weighted by molar-refractivity contribution is 7.09. The van der Waals surface area contributed by atoms with Crippen molar-refractivity contribution >= 4 is 11.3 Å². The van der Waals surface area contributed by atoms with Crippen LogP contribution in [0.2, 0.25) is 0 Å². The van der Waals surface area contributed by atoms with Gasteiger partial charge in [-0.1, -0.05) is 37.3 Å². The molecule has 20 heavy (non-hydrogen) atoms. The number of nitrogens with one attached hydrogen (secondary N) is 1. The molecule has 0 aliphatic rings. The Balaban J connectivity index is 1.94. The molecule has 0 saturated carbocycles. The third-order valence-corrected chi connectivity index (χ3v) is 4.01. The second-order valence-corrected chi connectivity index (χ2v) is 5.68. The number of hydrogen-bond acceptors (Lipinski definition) is 4. The Kier molecular flexibility index (Phi) is 6.18. The largest absolute Gasteiger partial charge is 0.374 e. The number of rotatable bonds is 8. The van der Waals surface area contributed by atoms with E-state index in [4.69, 9.17) is 4.74 Å². The normalized spacial score (nSPS) is 12.5. The van der Waals surface area contributed by atoms with Crippen LogP contribution in [0.5, 0.6) is 0 Å². The summed E-state index contributed by atoms with van der Waals surface area (Å²) in [4.78, 5) is 4.65. The van der Waals surface area contributed by atoms with Crippen LogP contribution in [0.4, 0.5) is 0 Å². The van der Waals surface area contributed by atoms with Gasteiger partial charge >= 0.3 is 0 Å². The smallest absolute Gasteiger partial charge is 0.119 e. The van der Waals surface area contributed by atoms with Crippen LogP contribution in [0.15, 0.2) is 35.7 Å². The van der Waals surface area contributed by atoms with Gasteiger partial charge in [-0.3, -0.25) is 0 Å². The van der Waals surface area contributed by atoms with Gasteiger partial charge in [0.2, 0.25) is 0 Å². The zero-order valence-electron chi connectivity index (χ0n) is 12.1. The molecule has 1 unspecified atom stereocenters. The molecule has 2 rings (SSSR count). The Bertz CT molecular complexity index is 498. The van der Waals surface area contributed by atoms with E-state index in [9.17, 15) is 0 Å². The first-order valence-corrected chi connectivity index (χ1v) is 7.94. The maximum Gasteiger partial charge on any atom is 0.119 e. The fourth-order valence-corrected chi connectivity index (χ4v) is 2.84. The number of nitrogens with zero attached hydrogens (tertiary/aromatic N) is 1. The summed E-state index contributed by atoms with van der Waals surface area (Å²) in [6.07, 6.45) is 1.96. The van der Waals surface area contributed by atoms with Crippen LogP contribution in [0.3, 0.4) is 0 Å². The summed E-state index contributed by atoms with van der Waals surface area (Å²) in [6.45, 7) is 3.55. The summed E-state index contributed by atoms with van der Waals surface area (Å²) >= 11 is 1.68. The van der Waals surface area contributed by atoms with Crippen LogP contribution in [-0.2, 0) is 17.8 Å². The van der Waals surface area contributed by atoms with Crippen molar-refractivity contribution in [3.05, 3.63) is 52.0 Å². The van der Waals surface area contributed by atoms with Gasteiger partial charge in [0.25, 0.3) is 0 Å². The molecule has 1 N–H and O–H groups in total. The zero-order chi connectivity index (χ0) is 14.2. The van der Waals surface area contributed by atoms with Crippen LogP contribution >= 0.6 is 11.3 Å². The highest BCUT2D eigenvalue weighted by Gasteiger charge is 2.12. The van der Waals surface area contributed by atoms with Crippen LogP contribution in [0, 0.1) is 0 Å². The Morgan fingerprint density at radius 2 is 2.10 bits per heavy atom. The van der Waals surface area contributed by atoms with Crippen molar-refractivity contribution in [2.75, 3.05) is 13.7 Å². The molecule has 0 bridgehead atoms. The molecule has 0 spiro atoms. The second kappa shape index (κ2) is 8.15. The quantitative estimate of drug-likeness (QED) is 0.755. The third-order valence-electron chi connectivity index (χ3n) is 3.14. The molecule has 1 atom stereocenters. The Hall–Kier alpha value is -1.23. The molecule has 108 valence electrons. The van der Waals surface area contributed by atoms with Gasteiger partial charge in [-0.15, -0.1) is 11.3 Å². The Morgan fingerprint density at radius 3 is 2.80 bits per heavy atom. The van der Waals surface area contributed by atoms with E-state index >= 15 is 0 Å². The van der Waals surface area contributed by atoms with Crippen LogP contribution in [-0.4, -0.2) is 18.6 Å². The summed E-state index contributed by atoms with van der Waals surface area (Å²) in [7, 11) is 2.00. The van der Waals surface area contributed by atoms with Crippen molar-refractivity contribution < 1.29 is 4.74 Å². The molecule has 0 aliphatic carbocycles. The van der Waals surface area contributed by atoms with Crippen molar-refractivity contribution in [3.63, 3.8) is 0 Å². The first-order valence-electron chi connectivity index (χ1n) is 7.06. The molecule has 2 aromatic rings. The van der Waals surface area contributed by atoms with Gasteiger partial charge in [0.15, 0.2) is 0 Å². The van der Waals surface area contributed by atoms with Crippen molar-refractivity contribution in [1.29, 1.82) is 0 Å². The lowest BCUT2D eigenvalue weighted by molar-refractivity contribution is 0.121. The lowest BCUT2D eigenvalue weighted by Crippen LogP contribution is -2.18. The van der Waals surface area contributed by atoms with E-state index in [2.05, 4.69) is 46.9 Å². The van der Waals surface area contributed by atoms with Crippen molar-refractivity contribution in [2.24, 2.45) is 0 Å². The molecule has 1 heterocycles. The van der Waals surface area contributed by atoms with Crippen LogP contribution in [0.25, 0.3) is 0 Å². The Morgan fingerprint density at radius 1 is 1.30 bits per heavy atom. The van der Waals surface area contributed by atoms with E-state index in [1.54, 1.807) is 11.3 Å². The third kappa shape index (κ3) is 4.40. The van der Waals surface area contributed by atoms with Gasteiger partial charge in [-0.2, -0.15) is 0 Å². The number of ether oxygens (including phenoxy) is 1. The zero-order valence-corrected chi connectivity index (χ0v) is 13.0. The van der Waals surface area contributed by atoms with E-state index in [0.29, 0.717) is 12.6 Å². The first-order chi connectivity index (χ1) is 9.83. The van der Waals surface area contributed by atoms with Gasteiger partial charge in [0, 0.05) is 24.4 Å². The van der Waals surface area contributed by atoms with Gasteiger partial charge in [0.05, 0.1) is 12.3 Å². The molecule has 1 aromatic heterocycles. The predicted octanol–water partition coefficient (Wildman–Crippen LogP) is 3.57. The molecule has 1 aromatic carbocycles. The van der Waals surface area contributed by atoms with E-state index < -0.39 is 0 Å². The minimum atomic E-state index is 0.308. The van der Waals surface area contributed by atoms with E-state index in [1.165, 1.54) is 5.56 Å². The summed E-state index contributed by atoms with van der Waals surface area (Å²) in [5.74, 6) is 0. The molecule has 0 saturated heterocycles. The average Bonchev–Trinajstić information content (AvgIpc) is 2.93. The highest BCUT2D eigenvalue weighted by atomic mass is 32.1. The predicted molar refractivity (Wildman–Crippen MR) is 84.0 cm³/mol. The van der Waals surface area contributed by atoms with E-state index in [1.807, 2.05) is 13.1 Å². The van der Waals surface area contributed by atoms with Crippen molar-refractivity contribution in [2.45, 2.75) is 32.4 Å². The molecule has 4 heteroatoms. The fraction of sp³-hybridized carbons (Fsp3) is 0.438. The minimum absolute atomic E-state index is 0.308. The standard InChI is InChI=1S/C16H22N2OS/c1-3-9-19-11-16-18-14(12-20-16)10-15(17-2)13-7-5-4-6-8-13/h4-8,12,15,17H,3,9-11H2,1-2H3. The lowest BCUT2D eigenvalue weighted by atomic mass is 10.0. The molecular weight excluding hydrogens is 268 g/mol. The second-order valence-electron chi connectivity index (χ2n) is 4.74. The minimum Gasteiger partial charge on any atom is -0.374 e. The van der Waals surface area contributed by atoms with Gasteiger partial charge in [-0.25, -0.2) is 4.98 Å². The summed E-state index contributed by atoms with van der Waals surface area (Å²) in [5.41, 5.74) is 2.43. The number of aromatic nitrogens is 1. The van der Waals surface area contributed by atoms with Crippen LogP contribution < -0.4 is 5.32 Å². The monoisotopic (exact) mass is 290 g/mol.